The highest BCUT2D eigenvalue weighted by Crippen LogP contribution is 2.25. The predicted molar refractivity (Wildman–Crippen MR) is 65.3 cm³/mol. The van der Waals surface area contributed by atoms with Crippen molar-refractivity contribution in [1.29, 1.82) is 0 Å². The van der Waals surface area contributed by atoms with Gasteiger partial charge in [0.15, 0.2) is 5.82 Å². The fourth-order valence-electron chi connectivity index (χ4n) is 1.45. The van der Waals surface area contributed by atoms with E-state index >= 15 is 0 Å². The van der Waals surface area contributed by atoms with Crippen molar-refractivity contribution in [2.24, 2.45) is 0 Å². The summed E-state index contributed by atoms with van der Waals surface area (Å²) in [7, 11) is 0. The molecule has 108 valence electrons. The number of halogens is 4. The first-order valence-electron chi connectivity index (χ1n) is 5.68. The average molecular weight is 307 g/mol. The topological polar surface area (TPSA) is 48.2 Å². The Morgan fingerprint density at radius 3 is 2.70 bits per heavy atom. The number of ether oxygens (including phenoxy) is 1. The number of nitrogens with zero attached hydrogens (tertiary/aromatic N) is 2. The van der Waals surface area contributed by atoms with Crippen LogP contribution in [0.25, 0.3) is 11.5 Å². The van der Waals surface area contributed by atoms with Gasteiger partial charge in [-0.2, -0.15) is 18.2 Å². The van der Waals surface area contributed by atoms with E-state index in [1.54, 1.807) is 24.3 Å². The lowest BCUT2D eigenvalue weighted by molar-refractivity contribution is -0.173. The average Bonchev–Trinajstić information content (AvgIpc) is 2.83. The van der Waals surface area contributed by atoms with Gasteiger partial charge >= 0.3 is 6.18 Å². The number of rotatable bonds is 5. The SMILES string of the molecule is FC(F)(F)COCCc1noc(-c2ccccc2Cl)n1. The van der Waals surface area contributed by atoms with Crippen molar-refractivity contribution in [3.05, 3.63) is 35.1 Å². The molecule has 0 amide bonds. The summed E-state index contributed by atoms with van der Waals surface area (Å²) in [4.78, 5) is 4.05. The summed E-state index contributed by atoms with van der Waals surface area (Å²) in [6, 6.07) is 6.90. The second-order valence-corrected chi connectivity index (χ2v) is 4.32. The first-order valence-corrected chi connectivity index (χ1v) is 6.05. The molecule has 0 N–H and O–H groups in total. The molecule has 1 aromatic heterocycles. The highest BCUT2D eigenvalue weighted by atomic mass is 35.5. The normalized spacial score (nSPS) is 11.8. The van der Waals surface area contributed by atoms with E-state index in [1.165, 1.54) is 0 Å². The fraction of sp³-hybridized carbons (Fsp3) is 0.333. The third-order valence-corrected chi connectivity index (χ3v) is 2.64. The van der Waals surface area contributed by atoms with Crippen LogP contribution in [0.1, 0.15) is 5.82 Å². The molecular formula is C12H10ClF3N2O2. The second kappa shape index (κ2) is 6.23. The number of hydrogen-bond donors (Lipinski definition) is 0. The minimum atomic E-state index is -4.33. The summed E-state index contributed by atoms with van der Waals surface area (Å²) in [5.41, 5.74) is 0.573. The van der Waals surface area contributed by atoms with E-state index in [0.717, 1.165) is 0 Å². The molecule has 0 unspecified atom stereocenters. The smallest absolute Gasteiger partial charge is 0.372 e. The first kappa shape index (κ1) is 14.8. The van der Waals surface area contributed by atoms with Gasteiger partial charge in [0, 0.05) is 6.42 Å². The van der Waals surface area contributed by atoms with E-state index in [-0.39, 0.29) is 24.7 Å². The van der Waals surface area contributed by atoms with Crippen LogP contribution < -0.4 is 0 Å². The molecule has 0 spiro atoms. The van der Waals surface area contributed by atoms with Crippen LogP contribution in [0.15, 0.2) is 28.8 Å². The Bertz CT molecular complexity index is 572. The van der Waals surface area contributed by atoms with Gasteiger partial charge in [0.25, 0.3) is 5.89 Å². The summed E-state index contributed by atoms with van der Waals surface area (Å²) >= 11 is 5.97. The maximum atomic E-state index is 11.9. The zero-order valence-corrected chi connectivity index (χ0v) is 10.9. The predicted octanol–water partition coefficient (Wildman–Crippen LogP) is 3.51. The Hall–Kier alpha value is -1.60. The molecule has 0 fully saturated rings. The molecule has 1 heterocycles. The minimum Gasteiger partial charge on any atom is -0.372 e. The molecule has 0 saturated heterocycles. The van der Waals surface area contributed by atoms with Crippen LogP contribution in [0.2, 0.25) is 5.02 Å². The van der Waals surface area contributed by atoms with E-state index in [1.807, 2.05) is 0 Å². The molecule has 0 saturated carbocycles. The van der Waals surface area contributed by atoms with Crippen molar-refractivity contribution in [1.82, 2.24) is 10.1 Å². The Labute approximate surface area is 117 Å². The second-order valence-electron chi connectivity index (χ2n) is 3.91. The Morgan fingerprint density at radius 1 is 1.25 bits per heavy atom. The van der Waals surface area contributed by atoms with Crippen LogP contribution >= 0.6 is 11.6 Å². The summed E-state index contributed by atoms with van der Waals surface area (Å²) < 4.78 is 45.1. The molecule has 0 aliphatic heterocycles. The van der Waals surface area contributed by atoms with Gasteiger partial charge in [-0.3, -0.25) is 0 Å². The van der Waals surface area contributed by atoms with Crippen LogP contribution in [-0.4, -0.2) is 29.5 Å². The molecule has 8 heteroatoms. The summed E-state index contributed by atoms with van der Waals surface area (Å²) in [6.45, 7) is -1.43. The van der Waals surface area contributed by atoms with Gasteiger partial charge in [-0.1, -0.05) is 28.9 Å². The van der Waals surface area contributed by atoms with E-state index in [4.69, 9.17) is 16.1 Å². The lowest BCUT2D eigenvalue weighted by atomic mass is 10.2. The molecule has 0 bridgehead atoms. The standard InChI is InChI=1S/C12H10ClF3N2O2/c13-9-4-2-1-3-8(9)11-17-10(18-20-11)5-6-19-7-12(14,15)16/h1-4H,5-7H2. The fourth-order valence-corrected chi connectivity index (χ4v) is 1.67. The molecule has 0 atom stereocenters. The minimum absolute atomic E-state index is 0.129. The summed E-state index contributed by atoms with van der Waals surface area (Å²) in [5.74, 6) is 0.489. The first-order chi connectivity index (χ1) is 9.46. The zero-order valence-electron chi connectivity index (χ0n) is 10.2. The molecule has 2 aromatic rings. The van der Waals surface area contributed by atoms with Crippen LogP contribution in [0.4, 0.5) is 13.2 Å². The Morgan fingerprint density at radius 2 is 2.00 bits per heavy atom. The number of alkyl halides is 3. The van der Waals surface area contributed by atoms with Crippen LogP contribution in [0.3, 0.4) is 0 Å². The van der Waals surface area contributed by atoms with Crippen molar-refractivity contribution in [2.45, 2.75) is 12.6 Å². The van der Waals surface area contributed by atoms with Crippen molar-refractivity contribution in [3.63, 3.8) is 0 Å². The summed E-state index contributed by atoms with van der Waals surface area (Å²) in [6.07, 6.45) is -4.20. The van der Waals surface area contributed by atoms with Gasteiger partial charge in [-0.15, -0.1) is 0 Å². The number of aromatic nitrogens is 2. The van der Waals surface area contributed by atoms with Gasteiger partial charge in [-0.05, 0) is 12.1 Å². The van der Waals surface area contributed by atoms with Crippen LogP contribution in [-0.2, 0) is 11.2 Å². The van der Waals surface area contributed by atoms with Crippen molar-refractivity contribution >= 4 is 11.6 Å². The van der Waals surface area contributed by atoms with E-state index in [2.05, 4.69) is 14.9 Å². The molecular weight excluding hydrogens is 297 g/mol. The highest BCUT2D eigenvalue weighted by molar-refractivity contribution is 6.33. The third-order valence-electron chi connectivity index (χ3n) is 2.31. The quantitative estimate of drug-likeness (QED) is 0.793. The van der Waals surface area contributed by atoms with Gasteiger partial charge in [0.05, 0.1) is 17.2 Å². The molecule has 1 aromatic carbocycles. The van der Waals surface area contributed by atoms with Gasteiger partial charge in [-0.25, -0.2) is 0 Å². The number of benzene rings is 1. The van der Waals surface area contributed by atoms with Gasteiger partial charge < -0.3 is 9.26 Å². The van der Waals surface area contributed by atoms with Crippen LogP contribution in [0, 0.1) is 0 Å². The molecule has 20 heavy (non-hydrogen) atoms. The van der Waals surface area contributed by atoms with Gasteiger partial charge in [0.2, 0.25) is 0 Å². The Kier molecular flexibility index (Phi) is 4.61. The molecule has 4 nitrogen and oxygen atoms in total. The molecule has 0 radical (unpaired) electrons. The highest BCUT2D eigenvalue weighted by Gasteiger charge is 2.27. The summed E-state index contributed by atoms with van der Waals surface area (Å²) in [5, 5.41) is 4.12. The van der Waals surface area contributed by atoms with E-state index < -0.39 is 12.8 Å². The number of hydrogen-bond acceptors (Lipinski definition) is 4. The largest absolute Gasteiger partial charge is 0.411 e. The van der Waals surface area contributed by atoms with Crippen LogP contribution in [0.5, 0.6) is 0 Å². The molecule has 0 aliphatic rings. The van der Waals surface area contributed by atoms with Crippen molar-refractivity contribution in [2.75, 3.05) is 13.2 Å². The maximum absolute atomic E-state index is 11.9. The lowest BCUT2D eigenvalue weighted by Gasteiger charge is -2.05. The maximum Gasteiger partial charge on any atom is 0.411 e. The monoisotopic (exact) mass is 306 g/mol. The van der Waals surface area contributed by atoms with E-state index in [0.29, 0.717) is 10.6 Å². The van der Waals surface area contributed by atoms with E-state index in [9.17, 15) is 13.2 Å². The van der Waals surface area contributed by atoms with Gasteiger partial charge in [0.1, 0.15) is 6.61 Å². The third kappa shape index (κ3) is 4.21. The lowest BCUT2D eigenvalue weighted by Crippen LogP contribution is -2.18. The zero-order chi connectivity index (χ0) is 14.6. The molecule has 0 aliphatic carbocycles. The Balaban J connectivity index is 1.92. The van der Waals surface area contributed by atoms with Crippen molar-refractivity contribution < 1.29 is 22.4 Å². The molecule has 2 rings (SSSR count). The van der Waals surface area contributed by atoms with Crippen molar-refractivity contribution in [3.8, 4) is 11.5 Å².